The average Bonchev–Trinajstić information content (AvgIpc) is 2.61. The van der Waals surface area contributed by atoms with E-state index in [0.717, 1.165) is 38.8 Å². The lowest BCUT2D eigenvalue weighted by Crippen LogP contribution is -2.50. The number of benzene rings is 1. The van der Waals surface area contributed by atoms with Crippen molar-refractivity contribution in [3.63, 3.8) is 0 Å². The molecule has 1 heterocycles. The third kappa shape index (κ3) is 7.04. The molecule has 1 aromatic carbocycles. The van der Waals surface area contributed by atoms with Crippen molar-refractivity contribution in [3.05, 3.63) is 35.9 Å². The van der Waals surface area contributed by atoms with Crippen molar-refractivity contribution in [1.82, 2.24) is 15.1 Å². The molecule has 0 bridgehead atoms. The second kappa shape index (κ2) is 10.4. The minimum atomic E-state index is 0.519. The monoisotopic (exact) mass is 346 g/mol. The van der Waals surface area contributed by atoms with Gasteiger partial charge in [0.1, 0.15) is 0 Å². The van der Waals surface area contributed by atoms with Gasteiger partial charge in [0.15, 0.2) is 5.96 Å². The SMILES string of the molecule is CC(C)CC(CNC(=NCc1ccccc1)N(C)C)N1CCOCC1. The van der Waals surface area contributed by atoms with E-state index in [0.29, 0.717) is 18.5 Å². The number of ether oxygens (including phenoxy) is 1. The lowest BCUT2D eigenvalue weighted by Gasteiger charge is -2.36. The first-order valence-electron chi connectivity index (χ1n) is 9.37. The minimum Gasteiger partial charge on any atom is -0.379 e. The fourth-order valence-electron chi connectivity index (χ4n) is 3.16. The number of hydrogen-bond donors (Lipinski definition) is 1. The van der Waals surface area contributed by atoms with E-state index in [1.165, 1.54) is 12.0 Å². The van der Waals surface area contributed by atoms with Gasteiger partial charge in [-0.15, -0.1) is 0 Å². The molecule has 1 aliphatic rings. The van der Waals surface area contributed by atoms with Crippen LogP contribution in [0.5, 0.6) is 0 Å². The molecular formula is C20H34N4O. The number of hydrogen-bond acceptors (Lipinski definition) is 3. The maximum atomic E-state index is 5.51. The molecule has 0 amide bonds. The van der Waals surface area contributed by atoms with E-state index in [1.54, 1.807) is 0 Å². The number of morpholine rings is 1. The van der Waals surface area contributed by atoms with Crippen molar-refractivity contribution in [2.45, 2.75) is 32.9 Å². The third-order valence-electron chi connectivity index (χ3n) is 4.48. The highest BCUT2D eigenvalue weighted by Crippen LogP contribution is 2.13. The lowest BCUT2D eigenvalue weighted by atomic mass is 10.0. The maximum absolute atomic E-state index is 5.51. The average molecular weight is 347 g/mol. The summed E-state index contributed by atoms with van der Waals surface area (Å²) in [5.74, 6) is 1.63. The van der Waals surface area contributed by atoms with Crippen LogP contribution in [0.15, 0.2) is 35.3 Å². The maximum Gasteiger partial charge on any atom is 0.193 e. The first kappa shape index (κ1) is 19.7. The molecule has 0 aromatic heterocycles. The van der Waals surface area contributed by atoms with Crippen LogP contribution in [0.1, 0.15) is 25.8 Å². The summed E-state index contributed by atoms with van der Waals surface area (Å²) < 4.78 is 5.51. The summed E-state index contributed by atoms with van der Waals surface area (Å²) in [7, 11) is 4.09. The fourth-order valence-corrected chi connectivity index (χ4v) is 3.16. The Balaban J connectivity index is 1.96. The Morgan fingerprint density at radius 1 is 1.20 bits per heavy atom. The normalized spacial score (nSPS) is 17.6. The third-order valence-corrected chi connectivity index (χ3v) is 4.48. The van der Waals surface area contributed by atoms with Crippen molar-refractivity contribution >= 4 is 5.96 Å². The zero-order chi connectivity index (χ0) is 18.1. The second-order valence-corrected chi connectivity index (χ2v) is 7.33. The van der Waals surface area contributed by atoms with Crippen molar-refractivity contribution in [1.29, 1.82) is 0 Å². The van der Waals surface area contributed by atoms with Gasteiger partial charge in [-0.3, -0.25) is 4.90 Å². The van der Waals surface area contributed by atoms with Gasteiger partial charge in [0, 0.05) is 39.8 Å². The standard InChI is InChI=1S/C20H34N4O/c1-17(2)14-19(24-10-12-25-13-11-24)16-22-20(23(3)4)21-15-18-8-6-5-7-9-18/h5-9,17,19H,10-16H2,1-4H3,(H,21,22). The van der Waals surface area contributed by atoms with E-state index in [2.05, 4.69) is 53.2 Å². The topological polar surface area (TPSA) is 40.1 Å². The minimum absolute atomic E-state index is 0.519. The first-order valence-corrected chi connectivity index (χ1v) is 9.37. The van der Waals surface area contributed by atoms with Gasteiger partial charge in [-0.05, 0) is 17.9 Å². The molecule has 140 valence electrons. The Labute approximate surface area is 153 Å². The Morgan fingerprint density at radius 3 is 2.48 bits per heavy atom. The van der Waals surface area contributed by atoms with Crippen LogP contribution in [0.2, 0.25) is 0 Å². The van der Waals surface area contributed by atoms with Crippen LogP contribution in [-0.4, -0.2) is 68.7 Å². The lowest BCUT2D eigenvalue weighted by molar-refractivity contribution is 0.0132. The van der Waals surface area contributed by atoms with Gasteiger partial charge < -0.3 is 15.0 Å². The predicted molar refractivity (Wildman–Crippen MR) is 105 cm³/mol. The molecule has 0 spiro atoms. The highest BCUT2D eigenvalue weighted by molar-refractivity contribution is 5.79. The van der Waals surface area contributed by atoms with E-state index >= 15 is 0 Å². The second-order valence-electron chi connectivity index (χ2n) is 7.33. The summed E-state index contributed by atoms with van der Waals surface area (Å²) >= 11 is 0. The Morgan fingerprint density at radius 2 is 1.88 bits per heavy atom. The van der Waals surface area contributed by atoms with Crippen LogP contribution in [-0.2, 0) is 11.3 Å². The highest BCUT2D eigenvalue weighted by atomic mass is 16.5. The number of guanidine groups is 1. The number of nitrogens with one attached hydrogen (secondary N) is 1. The Hall–Kier alpha value is -1.59. The predicted octanol–water partition coefficient (Wildman–Crippen LogP) is 2.44. The molecule has 1 aromatic rings. The van der Waals surface area contributed by atoms with E-state index in [4.69, 9.17) is 9.73 Å². The molecule has 25 heavy (non-hydrogen) atoms. The van der Waals surface area contributed by atoms with Crippen molar-refractivity contribution in [2.24, 2.45) is 10.9 Å². The van der Waals surface area contributed by atoms with Gasteiger partial charge in [-0.1, -0.05) is 44.2 Å². The zero-order valence-electron chi connectivity index (χ0n) is 16.2. The molecule has 1 unspecified atom stereocenters. The summed E-state index contributed by atoms with van der Waals surface area (Å²) in [6.07, 6.45) is 1.19. The fraction of sp³-hybridized carbons (Fsp3) is 0.650. The number of aliphatic imine (C=N–C) groups is 1. The van der Waals surface area contributed by atoms with E-state index in [-0.39, 0.29) is 0 Å². The van der Waals surface area contributed by atoms with Crippen LogP contribution in [0, 0.1) is 5.92 Å². The molecule has 2 rings (SSSR count). The van der Waals surface area contributed by atoms with Crippen LogP contribution < -0.4 is 5.32 Å². The summed E-state index contributed by atoms with van der Waals surface area (Å²) in [6, 6.07) is 10.9. The Bertz CT molecular complexity index is 510. The molecule has 5 nitrogen and oxygen atoms in total. The van der Waals surface area contributed by atoms with Gasteiger partial charge in [-0.25, -0.2) is 4.99 Å². The van der Waals surface area contributed by atoms with Gasteiger partial charge in [0.25, 0.3) is 0 Å². The molecule has 0 saturated carbocycles. The molecule has 1 atom stereocenters. The largest absolute Gasteiger partial charge is 0.379 e. The van der Waals surface area contributed by atoms with Gasteiger partial charge in [0.2, 0.25) is 0 Å². The van der Waals surface area contributed by atoms with Crippen LogP contribution in [0.4, 0.5) is 0 Å². The molecule has 1 fully saturated rings. The van der Waals surface area contributed by atoms with Crippen LogP contribution in [0.25, 0.3) is 0 Å². The van der Waals surface area contributed by atoms with Crippen molar-refractivity contribution in [3.8, 4) is 0 Å². The quantitative estimate of drug-likeness (QED) is 0.608. The van der Waals surface area contributed by atoms with Crippen molar-refractivity contribution < 1.29 is 4.74 Å². The molecule has 0 aliphatic carbocycles. The smallest absolute Gasteiger partial charge is 0.193 e. The summed E-state index contributed by atoms with van der Waals surface area (Å²) in [5.41, 5.74) is 1.23. The first-order chi connectivity index (χ1) is 12.1. The van der Waals surface area contributed by atoms with Gasteiger partial charge in [-0.2, -0.15) is 0 Å². The molecule has 5 heteroatoms. The van der Waals surface area contributed by atoms with Crippen molar-refractivity contribution in [2.75, 3.05) is 46.9 Å². The zero-order valence-corrected chi connectivity index (χ0v) is 16.2. The molecule has 1 aliphatic heterocycles. The molecular weight excluding hydrogens is 312 g/mol. The van der Waals surface area contributed by atoms with Crippen LogP contribution in [0.3, 0.4) is 0 Å². The van der Waals surface area contributed by atoms with Gasteiger partial charge in [0.05, 0.1) is 19.8 Å². The van der Waals surface area contributed by atoms with E-state index in [9.17, 15) is 0 Å². The van der Waals surface area contributed by atoms with E-state index < -0.39 is 0 Å². The number of nitrogens with zero attached hydrogens (tertiary/aromatic N) is 3. The highest BCUT2D eigenvalue weighted by Gasteiger charge is 2.22. The van der Waals surface area contributed by atoms with Crippen LogP contribution >= 0.6 is 0 Å². The Kier molecular flexibility index (Phi) is 8.22. The number of rotatable bonds is 7. The molecule has 1 saturated heterocycles. The molecule has 0 radical (unpaired) electrons. The summed E-state index contributed by atoms with van der Waals surface area (Å²) in [5, 5.41) is 3.59. The molecule has 1 N–H and O–H groups in total. The summed E-state index contributed by atoms with van der Waals surface area (Å²) in [4.78, 5) is 9.40. The summed E-state index contributed by atoms with van der Waals surface area (Å²) in [6.45, 7) is 9.95. The van der Waals surface area contributed by atoms with E-state index in [1.807, 2.05) is 20.2 Å². The van der Waals surface area contributed by atoms with Gasteiger partial charge >= 0.3 is 0 Å².